The van der Waals surface area contributed by atoms with Gasteiger partial charge in [-0.2, -0.15) is 0 Å². The SMILES string of the molecule is C1=C(c2cccc3c2sc2ccccc23)CCC(n2c3ccccc3c3cc4c5ccccc5c5ccccc5c4cc32)=C1. The van der Waals surface area contributed by atoms with E-state index in [0.717, 1.165) is 12.8 Å². The Morgan fingerprint density at radius 2 is 1.05 bits per heavy atom. The van der Waals surface area contributed by atoms with Crippen LogP contribution >= 0.6 is 11.3 Å². The molecule has 2 heterocycles. The Bertz CT molecular complexity index is 2710. The molecule has 44 heavy (non-hydrogen) atoms. The van der Waals surface area contributed by atoms with Crippen molar-refractivity contribution in [3.05, 3.63) is 145 Å². The lowest BCUT2D eigenvalue weighted by atomic mass is 9.93. The van der Waals surface area contributed by atoms with Crippen LogP contribution in [0.3, 0.4) is 0 Å². The molecule has 0 amide bonds. The predicted octanol–water partition coefficient (Wildman–Crippen LogP) is 12.3. The Hall–Kier alpha value is -5.18. The minimum absolute atomic E-state index is 0.997. The van der Waals surface area contributed by atoms with Gasteiger partial charge in [0.05, 0.1) is 11.0 Å². The van der Waals surface area contributed by atoms with Crippen molar-refractivity contribution >= 4 is 96.9 Å². The zero-order valence-corrected chi connectivity index (χ0v) is 24.9. The molecule has 206 valence electrons. The molecule has 1 aliphatic rings. The maximum absolute atomic E-state index is 2.53. The first-order chi connectivity index (χ1) is 21.8. The van der Waals surface area contributed by atoms with Crippen molar-refractivity contribution < 1.29 is 0 Å². The van der Waals surface area contributed by atoms with Crippen LogP contribution in [0.1, 0.15) is 18.4 Å². The molecular weight excluding hydrogens is 551 g/mol. The lowest BCUT2D eigenvalue weighted by molar-refractivity contribution is 0.994. The van der Waals surface area contributed by atoms with Gasteiger partial charge in [-0.05, 0) is 86.6 Å². The van der Waals surface area contributed by atoms with E-state index in [1.807, 2.05) is 11.3 Å². The van der Waals surface area contributed by atoms with E-state index in [4.69, 9.17) is 0 Å². The van der Waals surface area contributed by atoms with Crippen LogP contribution < -0.4 is 0 Å². The van der Waals surface area contributed by atoms with Crippen molar-refractivity contribution in [1.29, 1.82) is 0 Å². The third-order valence-electron chi connectivity index (χ3n) is 9.70. The highest BCUT2D eigenvalue weighted by Gasteiger charge is 2.20. The molecule has 0 N–H and O–H groups in total. The van der Waals surface area contributed by atoms with Gasteiger partial charge >= 0.3 is 0 Å². The molecule has 0 saturated heterocycles. The first-order valence-electron chi connectivity index (χ1n) is 15.4. The van der Waals surface area contributed by atoms with E-state index in [2.05, 4.69) is 144 Å². The standard InChI is InChI=1S/C42H27NS/c1-3-12-31-29(10-1)30-11-2-4-13-32(30)37-25-40-38(24-36(31)37)33-14-5-7-18-39(33)43(40)27-22-20-26(21-23-27)28-16-9-17-35-34-15-6-8-19-41(34)44-42(28)35/h1-20,22,24-25H,21,23H2. The number of rotatable bonds is 2. The number of aromatic nitrogens is 1. The summed E-state index contributed by atoms with van der Waals surface area (Å²) < 4.78 is 5.29. The van der Waals surface area contributed by atoms with E-state index in [1.54, 1.807) is 0 Å². The molecular formula is C42H27NS. The van der Waals surface area contributed by atoms with Gasteiger partial charge in [0.1, 0.15) is 0 Å². The summed E-state index contributed by atoms with van der Waals surface area (Å²) in [5.41, 5.74) is 6.73. The van der Waals surface area contributed by atoms with Crippen LogP contribution in [0.5, 0.6) is 0 Å². The first kappa shape index (κ1) is 24.3. The van der Waals surface area contributed by atoms with Crippen molar-refractivity contribution in [2.75, 3.05) is 0 Å². The number of hydrogen-bond donors (Lipinski definition) is 0. The molecule has 0 spiro atoms. The minimum atomic E-state index is 0.997. The third-order valence-corrected chi connectivity index (χ3v) is 10.9. The second kappa shape index (κ2) is 9.16. The van der Waals surface area contributed by atoms with E-state index < -0.39 is 0 Å². The fourth-order valence-electron chi connectivity index (χ4n) is 7.71. The van der Waals surface area contributed by atoms with Crippen LogP contribution in [-0.2, 0) is 0 Å². The van der Waals surface area contributed by atoms with Crippen molar-refractivity contribution in [1.82, 2.24) is 4.57 Å². The minimum Gasteiger partial charge on any atom is -0.313 e. The van der Waals surface area contributed by atoms with Gasteiger partial charge in [0.25, 0.3) is 0 Å². The second-order valence-electron chi connectivity index (χ2n) is 12.0. The molecule has 0 bridgehead atoms. The van der Waals surface area contributed by atoms with E-state index in [1.165, 1.54) is 91.1 Å². The molecule has 2 aromatic heterocycles. The summed E-state index contributed by atoms with van der Waals surface area (Å²) in [7, 11) is 0. The number of hydrogen-bond acceptors (Lipinski definition) is 1. The highest BCUT2D eigenvalue weighted by Crippen LogP contribution is 2.44. The Morgan fingerprint density at radius 1 is 0.432 bits per heavy atom. The highest BCUT2D eigenvalue weighted by atomic mass is 32.1. The maximum Gasteiger partial charge on any atom is 0.0544 e. The van der Waals surface area contributed by atoms with E-state index in [-0.39, 0.29) is 0 Å². The Kier molecular flexibility index (Phi) is 5.05. The summed E-state index contributed by atoms with van der Waals surface area (Å²) in [5, 5.41) is 13.3. The normalized spacial score (nSPS) is 14.0. The van der Waals surface area contributed by atoms with Gasteiger partial charge in [0, 0.05) is 36.6 Å². The molecule has 1 nitrogen and oxygen atoms in total. The molecule has 2 heteroatoms. The third kappa shape index (κ3) is 3.35. The van der Waals surface area contributed by atoms with Gasteiger partial charge in [-0.15, -0.1) is 11.3 Å². The average molecular weight is 578 g/mol. The van der Waals surface area contributed by atoms with Gasteiger partial charge in [-0.1, -0.05) is 109 Å². The lowest BCUT2D eigenvalue weighted by Crippen LogP contribution is -2.01. The van der Waals surface area contributed by atoms with E-state index in [9.17, 15) is 0 Å². The molecule has 0 fully saturated rings. The Morgan fingerprint density at radius 3 is 1.77 bits per heavy atom. The monoisotopic (exact) mass is 577 g/mol. The summed E-state index contributed by atoms with van der Waals surface area (Å²) in [6.45, 7) is 0. The molecule has 0 aliphatic heterocycles. The largest absolute Gasteiger partial charge is 0.313 e. The van der Waals surface area contributed by atoms with Crippen LogP contribution in [0.2, 0.25) is 0 Å². The van der Waals surface area contributed by atoms with Crippen LogP contribution in [0.25, 0.3) is 85.6 Å². The van der Waals surface area contributed by atoms with Gasteiger partial charge in [-0.25, -0.2) is 0 Å². The lowest BCUT2D eigenvalue weighted by Gasteiger charge is -2.19. The van der Waals surface area contributed by atoms with E-state index in [0.29, 0.717) is 0 Å². The van der Waals surface area contributed by atoms with Crippen molar-refractivity contribution in [2.45, 2.75) is 12.8 Å². The summed E-state index contributed by atoms with van der Waals surface area (Å²) >= 11 is 1.92. The Balaban J connectivity index is 1.22. The van der Waals surface area contributed by atoms with Crippen LogP contribution in [-0.4, -0.2) is 4.57 Å². The number of para-hydroxylation sites is 1. The highest BCUT2D eigenvalue weighted by molar-refractivity contribution is 7.26. The number of thiophene rings is 1. The zero-order chi connectivity index (χ0) is 28.8. The molecule has 0 unspecified atom stereocenters. The molecule has 1 aliphatic carbocycles. The summed E-state index contributed by atoms with van der Waals surface area (Å²) in [5.74, 6) is 0. The summed E-state index contributed by atoms with van der Waals surface area (Å²) in [6, 6.07) is 47.2. The number of allylic oxidation sites excluding steroid dienone is 4. The number of fused-ring (bicyclic) bond motifs is 12. The smallest absolute Gasteiger partial charge is 0.0544 e. The van der Waals surface area contributed by atoms with Crippen LogP contribution in [0, 0.1) is 0 Å². The molecule has 0 radical (unpaired) electrons. The van der Waals surface area contributed by atoms with Gasteiger partial charge in [0.15, 0.2) is 0 Å². The fraction of sp³-hybridized carbons (Fsp3) is 0.0476. The fourth-order valence-corrected chi connectivity index (χ4v) is 8.96. The molecule has 9 aromatic rings. The molecule has 7 aromatic carbocycles. The zero-order valence-electron chi connectivity index (χ0n) is 24.0. The average Bonchev–Trinajstić information content (AvgIpc) is 3.63. The topological polar surface area (TPSA) is 4.93 Å². The van der Waals surface area contributed by atoms with E-state index >= 15 is 0 Å². The number of benzene rings is 7. The second-order valence-corrected chi connectivity index (χ2v) is 13.0. The quantitative estimate of drug-likeness (QED) is 0.180. The van der Waals surface area contributed by atoms with Gasteiger partial charge < -0.3 is 4.57 Å². The summed E-state index contributed by atoms with van der Waals surface area (Å²) in [4.78, 5) is 0. The van der Waals surface area contributed by atoms with Gasteiger partial charge in [-0.3, -0.25) is 0 Å². The maximum atomic E-state index is 2.53. The molecule has 10 rings (SSSR count). The summed E-state index contributed by atoms with van der Waals surface area (Å²) in [6.07, 6.45) is 6.77. The first-order valence-corrected chi connectivity index (χ1v) is 16.2. The van der Waals surface area contributed by atoms with Crippen LogP contribution in [0.4, 0.5) is 0 Å². The predicted molar refractivity (Wildman–Crippen MR) is 193 cm³/mol. The van der Waals surface area contributed by atoms with Gasteiger partial charge in [0.2, 0.25) is 0 Å². The van der Waals surface area contributed by atoms with Crippen molar-refractivity contribution in [2.24, 2.45) is 0 Å². The Labute approximate surface area is 258 Å². The molecule has 0 saturated carbocycles. The van der Waals surface area contributed by atoms with Crippen molar-refractivity contribution in [3.8, 4) is 0 Å². The van der Waals surface area contributed by atoms with Crippen LogP contribution in [0.15, 0.2) is 140 Å². The molecule has 0 atom stereocenters. The van der Waals surface area contributed by atoms with Crippen molar-refractivity contribution in [3.63, 3.8) is 0 Å². The number of nitrogens with zero attached hydrogens (tertiary/aromatic N) is 1.